The zero-order valence-corrected chi connectivity index (χ0v) is 15.0. The van der Waals surface area contributed by atoms with Crippen molar-refractivity contribution >= 4 is 0 Å². The Bertz CT molecular complexity index is 287. The van der Waals surface area contributed by atoms with Crippen LogP contribution >= 0.6 is 0 Å². The number of rotatable bonds is 15. The van der Waals surface area contributed by atoms with E-state index in [0.29, 0.717) is 0 Å². The number of hydrogen-bond acceptors (Lipinski definition) is 1. The van der Waals surface area contributed by atoms with Crippen molar-refractivity contribution in [3.05, 3.63) is 12.2 Å². The molecule has 0 aliphatic rings. The highest BCUT2D eigenvalue weighted by molar-refractivity contribution is 5.05. The highest BCUT2D eigenvalue weighted by Crippen LogP contribution is 2.17. The largest absolute Gasteiger partial charge is 0.377 e. The second kappa shape index (κ2) is 16.6. The molecule has 2 atom stereocenters. The van der Waals surface area contributed by atoms with Crippen LogP contribution < -0.4 is 0 Å². The summed E-state index contributed by atoms with van der Waals surface area (Å²) in [5.41, 5.74) is 0. The summed E-state index contributed by atoms with van der Waals surface area (Å²) in [5.74, 6) is 3.22. The van der Waals surface area contributed by atoms with Gasteiger partial charge in [-0.05, 0) is 24.8 Å². The summed E-state index contributed by atoms with van der Waals surface area (Å²) in [5, 5.41) is 9.16. The van der Waals surface area contributed by atoms with Crippen molar-refractivity contribution in [1.29, 1.82) is 0 Å². The molecular weight excluding hydrogens is 268 g/mol. The van der Waals surface area contributed by atoms with Crippen LogP contribution in [0.1, 0.15) is 97.3 Å². The summed E-state index contributed by atoms with van der Waals surface area (Å²) < 4.78 is 0. The number of allylic oxidation sites excluding steroid dienone is 1. The molecule has 0 radical (unpaired) electrons. The fourth-order valence-electron chi connectivity index (χ4n) is 2.79. The van der Waals surface area contributed by atoms with E-state index in [9.17, 15) is 0 Å². The van der Waals surface area contributed by atoms with E-state index in [-0.39, 0.29) is 0 Å². The molecule has 0 aromatic heterocycles. The highest BCUT2D eigenvalue weighted by atomic mass is 16.3. The van der Waals surface area contributed by atoms with Crippen LogP contribution in [0.2, 0.25) is 0 Å². The van der Waals surface area contributed by atoms with Gasteiger partial charge in [-0.1, -0.05) is 96.5 Å². The van der Waals surface area contributed by atoms with Crippen molar-refractivity contribution in [1.82, 2.24) is 0 Å². The maximum Gasteiger partial charge on any atom is 0.133 e. The Morgan fingerprint density at radius 1 is 0.909 bits per heavy atom. The van der Waals surface area contributed by atoms with E-state index in [1.807, 2.05) is 6.08 Å². The van der Waals surface area contributed by atoms with Gasteiger partial charge in [-0.3, -0.25) is 0 Å². The molecule has 128 valence electrons. The second-order valence-electron chi connectivity index (χ2n) is 6.69. The fraction of sp³-hybridized carbons (Fsp3) is 0.810. The lowest BCUT2D eigenvalue weighted by atomic mass is 9.97. The maximum atomic E-state index is 9.16. The number of aliphatic hydroxyl groups is 1. The van der Waals surface area contributed by atoms with Gasteiger partial charge in [-0.15, -0.1) is 6.42 Å². The second-order valence-corrected chi connectivity index (χ2v) is 6.69. The van der Waals surface area contributed by atoms with Gasteiger partial charge in [0, 0.05) is 0 Å². The van der Waals surface area contributed by atoms with Crippen LogP contribution in [0.5, 0.6) is 0 Å². The number of hydrogen-bond donors (Lipinski definition) is 1. The number of unbranched alkanes of at least 4 members (excludes halogenated alkanes) is 9. The Kier molecular flexibility index (Phi) is 16.1. The lowest BCUT2D eigenvalue weighted by Crippen LogP contribution is -1.95. The van der Waals surface area contributed by atoms with E-state index < -0.39 is 6.10 Å². The van der Waals surface area contributed by atoms with Gasteiger partial charge in [-0.2, -0.15) is 0 Å². The van der Waals surface area contributed by atoms with Crippen molar-refractivity contribution in [3.8, 4) is 12.3 Å². The van der Waals surface area contributed by atoms with Crippen molar-refractivity contribution in [2.45, 2.75) is 103 Å². The zero-order valence-electron chi connectivity index (χ0n) is 15.0. The topological polar surface area (TPSA) is 20.2 Å². The summed E-state index contributed by atoms with van der Waals surface area (Å²) in [7, 11) is 0. The lowest BCUT2D eigenvalue weighted by molar-refractivity contribution is 0.280. The number of terminal acetylenes is 1. The van der Waals surface area contributed by atoms with E-state index in [1.54, 1.807) is 6.08 Å². The molecule has 1 heteroatoms. The Morgan fingerprint density at radius 2 is 1.45 bits per heavy atom. The predicted octanol–water partition coefficient (Wildman–Crippen LogP) is 6.26. The minimum Gasteiger partial charge on any atom is -0.377 e. The minimum absolute atomic E-state index is 0.704. The maximum absolute atomic E-state index is 9.16. The lowest BCUT2D eigenvalue weighted by Gasteiger charge is -2.10. The Labute approximate surface area is 139 Å². The standard InChI is InChI=1S/C21H38O/c1-4-6-17-20(3)18-15-13-11-9-7-8-10-12-14-16-19-21(22)5-2/h2,16,19-22H,4,6-15,17-18H2,1,3H3/b19-16+/t20-,21+/m0/s1. The normalized spacial score (nSPS) is 14.1. The molecule has 0 aromatic carbocycles. The zero-order chi connectivity index (χ0) is 16.5. The van der Waals surface area contributed by atoms with Gasteiger partial charge < -0.3 is 5.11 Å². The molecule has 0 saturated carbocycles. The van der Waals surface area contributed by atoms with E-state index in [4.69, 9.17) is 11.5 Å². The molecule has 1 nitrogen and oxygen atoms in total. The molecule has 0 aromatic rings. The molecule has 1 N–H and O–H groups in total. The van der Waals surface area contributed by atoms with Crippen molar-refractivity contribution in [2.24, 2.45) is 5.92 Å². The van der Waals surface area contributed by atoms with Crippen molar-refractivity contribution in [2.75, 3.05) is 0 Å². The molecule has 0 aliphatic heterocycles. The average Bonchev–Trinajstić information content (AvgIpc) is 2.53. The third-order valence-corrected chi connectivity index (χ3v) is 4.36. The van der Waals surface area contributed by atoms with Crippen LogP contribution in [0.15, 0.2) is 12.2 Å². The van der Waals surface area contributed by atoms with Gasteiger partial charge in [0.1, 0.15) is 6.10 Å². The molecule has 0 amide bonds. The molecule has 0 spiro atoms. The van der Waals surface area contributed by atoms with Crippen LogP contribution in [-0.2, 0) is 0 Å². The Balaban J connectivity index is 3.18. The Morgan fingerprint density at radius 3 is 2.05 bits per heavy atom. The monoisotopic (exact) mass is 306 g/mol. The third kappa shape index (κ3) is 15.6. The number of aliphatic hydroxyl groups excluding tert-OH is 1. The van der Waals surface area contributed by atoms with Gasteiger partial charge in [0.15, 0.2) is 0 Å². The van der Waals surface area contributed by atoms with Gasteiger partial charge in [0.05, 0.1) is 0 Å². The molecule has 0 aliphatic carbocycles. The molecule has 0 heterocycles. The average molecular weight is 307 g/mol. The smallest absolute Gasteiger partial charge is 0.133 e. The molecule has 0 bridgehead atoms. The van der Waals surface area contributed by atoms with E-state index in [1.165, 1.54) is 77.0 Å². The first-order valence-corrected chi connectivity index (χ1v) is 9.51. The first-order valence-electron chi connectivity index (χ1n) is 9.51. The van der Waals surface area contributed by atoms with E-state index in [2.05, 4.69) is 19.8 Å². The van der Waals surface area contributed by atoms with Crippen LogP contribution in [0.3, 0.4) is 0 Å². The molecule has 0 rings (SSSR count). The molecule has 22 heavy (non-hydrogen) atoms. The molecule has 0 saturated heterocycles. The molecular formula is C21H38O. The van der Waals surface area contributed by atoms with Gasteiger partial charge in [-0.25, -0.2) is 0 Å². The summed E-state index contributed by atoms with van der Waals surface area (Å²) in [4.78, 5) is 0. The summed E-state index contributed by atoms with van der Waals surface area (Å²) in [6.07, 6.45) is 25.6. The SMILES string of the molecule is C#C[C@@H](O)/C=C/CCCCCCCCCC[C@@H](C)CCCC. The van der Waals surface area contributed by atoms with Gasteiger partial charge >= 0.3 is 0 Å². The van der Waals surface area contributed by atoms with Crippen molar-refractivity contribution < 1.29 is 5.11 Å². The predicted molar refractivity (Wildman–Crippen MR) is 98.8 cm³/mol. The van der Waals surface area contributed by atoms with E-state index >= 15 is 0 Å². The summed E-state index contributed by atoms with van der Waals surface area (Å²) >= 11 is 0. The van der Waals surface area contributed by atoms with Crippen LogP contribution in [0.4, 0.5) is 0 Å². The highest BCUT2D eigenvalue weighted by Gasteiger charge is 2.00. The minimum atomic E-state index is -0.704. The summed E-state index contributed by atoms with van der Waals surface area (Å²) in [6.45, 7) is 4.69. The molecule has 0 fully saturated rings. The van der Waals surface area contributed by atoms with Crippen LogP contribution in [0.25, 0.3) is 0 Å². The third-order valence-electron chi connectivity index (χ3n) is 4.36. The van der Waals surface area contributed by atoms with Gasteiger partial charge in [0.2, 0.25) is 0 Å². The fourth-order valence-corrected chi connectivity index (χ4v) is 2.79. The first-order chi connectivity index (χ1) is 10.7. The Hall–Kier alpha value is -0.740. The van der Waals surface area contributed by atoms with Crippen LogP contribution in [0, 0.1) is 18.3 Å². The van der Waals surface area contributed by atoms with Gasteiger partial charge in [0.25, 0.3) is 0 Å². The van der Waals surface area contributed by atoms with Crippen LogP contribution in [-0.4, -0.2) is 11.2 Å². The molecule has 0 unspecified atom stereocenters. The quantitative estimate of drug-likeness (QED) is 0.215. The van der Waals surface area contributed by atoms with E-state index in [0.717, 1.165) is 12.3 Å². The summed E-state index contributed by atoms with van der Waals surface area (Å²) in [6, 6.07) is 0. The first kappa shape index (κ1) is 21.3. The van der Waals surface area contributed by atoms with Crippen molar-refractivity contribution in [3.63, 3.8) is 0 Å².